The Kier molecular flexibility index (Phi) is 2.73. The van der Waals surface area contributed by atoms with Crippen molar-refractivity contribution in [2.45, 2.75) is 11.7 Å². The lowest BCUT2D eigenvalue weighted by Crippen LogP contribution is -2.25. The van der Waals surface area contributed by atoms with Gasteiger partial charge in [-0.15, -0.1) is 0 Å². The first kappa shape index (κ1) is 10.2. The van der Waals surface area contributed by atoms with E-state index in [9.17, 15) is 9.59 Å². The van der Waals surface area contributed by atoms with Gasteiger partial charge in [-0.1, -0.05) is 0 Å². The van der Waals surface area contributed by atoms with Crippen LogP contribution in [0.15, 0.2) is 18.5 Å². The van der Waals surface area contributed by atoms with E-state index in [0.717, 1.165) is 0 Å². The molecule has 1 aromatic heterocycles. The highest BCUT2D eigenvalue weighted by Crippen LogP contribution is 2.25. The van der Waals surface area contributed by atoms with Gasteiger partial charge in [-0.05, 0) is 6.07 Å². The molecule has 0 N–H and O–H groups in total. The second-order valence-corrected chi connectivity index (χ2v) is 4.14. The highest BCUT2D eigenvalue weighted by atomic mass is 32.1. The van der Waals surface area contributed by atoms with Crippen LogP contribution in [0.2, 0.25) is 0 Å². The van der Waals surface area contributed by atoms with Crippen molar-refractivity contribution in [2.24, 2.45) is 0 Å². The number of aromatic nitrogens is 1. The second kappa shape index (κ2) is 4.02. The number of thiol groups is 1. The van der Waals surface area contributed by atoms with Gasteiger partial charge in [-0.3, -0.25) is 14.6 Å². The molecule has 1 saturated heterocycles. The average molecular weight is 222 g/mol. The number of pyridine rings is 1. The Labute approximate surface area is 92.7 Å². The third-order valence-electron chi connectivity index (χ3n) is 2.35. The van der Waals surface area contributed by atoms with Crippen LogP contribution in [-0.2, 0) is 4.79 Å². The molecule has 4 nitrogen and oxygen atoms in total. The fourth-order valence-electron chi connectivity index (χ4n) is 1.66. The van der Waals surface area contributed by atoms with E-state index in [1.165, 1.54) is 6.20 Å². The van der Waals surface area contributed by atoms with Crippen molar-refractivity contribution in [3.8, 4) is 0 Å². The van der Waals surface area contributed by atoms with Crippen LogP contribution < -0.4 is 4.90 Å². The van der Waals surface area contributed by atoms with Gasteiger partial charge in [-0.25, -0.2) is 0 Å². The molecule has 1 unspecified atom stereocenters. The molecule has 0 saturated carbocycles. The number of aldehydes is 1. The first-order valence-corrected chi connectivity index (χ1v) is 5.11. The molecule has 1 aromatic rings. The van der Waals surface area contributed by atoms with E-state index in [4.69, 9.17) is 0 Å². The molecule has 0 aromatic carbocycles. The van der Waals surface area contributed by atoms with E-state index in [2.05, 4.69) is 17.6 Å². The zero-order chi connectivity index (χ0) is 10.8. The molecule has 0 bridgehead atoms. The Balaban J connectivity index is 2.37. The Bertz CT molecular complexity index is 408. The van der Waals surface area contributed by atoms with Gasteiger partial charge in [0.05, 0.1) is 11.3 Å². The molecule has 1 fully saturated rings. The van der Waals surface area contributed by atoms with Gasteiger partial charge in [0.25, 0.3) is 0 Å². The molecule has 1 aliphatic heterocycles. The van der Waals surface area contributed by atoms with Gasteiger partial charge in [0, 0.05) is 30.6 Å². The van der Waals surface area contributed by atoms with E-state index >= 15 is 0 Å². The van der Waals surface area contributed by atoms with Gasteiger partial charge in [0.15, 0.2) is 6.29 Å². The zero-order valence-electron chi connectivity index (χ0n) is 7.96. The lowest BCUT2D eigenvalue weighted by molar-refractivity contribution is -0.117. The molecular formula is C10H10N2O2S. The second-order valence-electron chi connectivity index (χ2n) is 3.41. The van der Waals surface area contributed by atoms with Crippen molar-refractivity contribution in [1.29, 1.82) is 0 Å². The summed E-state index contributed by atoms with van der Waals surface area (Å²) in [6, 6.07) is 1.67. The summed E-state index contributed by atoms with van der Waals surface area (Å²) in [4.78, 5) is 27.8. The molecule has 1 atom stereocenters. The van der Waals surface area contributed by atoms with Crippen LogP contribution in [0, 0.1) is 0 Å². The Morgan fingerprint density at radius 1 is 1.60 bits per heavy atom. The first-order valence-electron chi connectivity index (χ1n) is 4.60. The maximum absolute atomic E-state index is 11.6. The number of nitrogens with zero attached hydrogens (tertiary/aromatic N) is 2. The number of carbonyl (C=O) groups excluding carboxylic acids is 2. The number of anilines is 1. The standard InChI is InChI=1S/C10H10N2O2S/c13-6-7-4-11-2-1-9(7)12-5-8(15)3-10(12)14/h1-2,4,6,8,15H,3,5H2. The minimum atomic E-state index is 0.00398. The highest BCUT2D eigenvalue weighted by molar-refractivity contribution is 7.81. The fourth-order valence-corrected chi connectivity index (χ4v) is 1.98. The summed E-state index contributed by atoms with van der Waals surface area (Å²) in [5.74, 6) is 0.00398. The van der Waals surface area contributed by atoms with E-state index in [1.54, 1.807) is 17.2 Å². The number of carbonyl (C=O) groups is 2. The summed E-state index contributed by atoms with van der Waals surface area (Å²) in [6.07, 6.45) is 4.16. The van der Waals surface area contributed by atoms with Crippen LogP contribution in [0.25, 0.3) is 0 Å². The van der Waals surface area contributed by atoms with Crippen LogP contribution in [0.1, 0.15) is 16.8 Å². The highest BCUT2D eigenvalue weighted by Gasteiger charge is 2.29. The van der Waals surface area contributed by atoms with E-state index < -0.39 is 0 Å². The predicted octanol–water partition coefficient (Wildman–Crippen LogP) is 0.929. The molecular weight excluding hydrogens is 212 g/mol. The van der Waals surface area contributed by atoms with Gasteiger partial charge in [0.1, 0.15) is 0 Å². The molecule has 5 heteroatoms. The van der Waals surface area contributed by atoms with E-state index in [-0.39, 0.29) is 11.2 Å². The molecule has 0 aliphatic carbocycles. The molecule has 0 radical (unpaired) electrons. The Morgan fingerprint density at radius 2 is 2.40 bits per heavy atom. The quantitative estimate of drug-likeness (QED) is 0.598. The summed E-state index contributed by atoms with van der Waals surface area (Å²) >= 11 is 4.26. The maximum Gasteiger partial charge on any atom is 0.228 e. The maximum atomic E-state index is 11.6. The van der Waals surface area contributed by atoms with E-state index in [0.29, 0.717) is 30.5 Å². The van der Waals surface area contributed by atoms with Crippen molar-refractivity contribution >= 4 is 30.5 Å². The molecule has 1 aliphatic rings. The number of hydrogen-bond donors (Lipinski definition) is 1. The van der Waals surface area contributed by atoms with Gasteiger partial charge in [-0.2, -0.15) is 12.6 Å². The van der Waals surface area contributed by atoms with Crippen molar-refractivity contribution in [3.63, 3.8) is 0 Å². The topological polar surface area (TPSA) is 50.3 Å². The summed E-state index contributed by atoms with van der Waals surface area (Å²) < 4.78 is 0. The van der Waals surface area contributed by atoms with Crippen LogP contribution in [0.3, 0.4) is 0 Å². The SMILES string of the molecule is O=Cc1cnccc1N1CC(S)CC1=O. The monoisotopic (exact) mass is 222 g/mol. The Morgan fingerprint density at radius 3 is 3.00 bits per heavy atom. The van der Waals surface area contributed by atoms with E-state index in [1.807, 2.05) is 0 Å². The van der Waals surface area contributed by atoms with Crippen molar-refractivity contribution < 1.29 is 9.59 Å². The number of rotatable bonds is 2. The van der Waals surface area contributed by atoms with Gasteiger partial charge >= 0.3 is 0 Å². The van der Waals surface area contributed by atoms with Crippen molar-refractivity contribution in [1.82, 2.24) is 4.98 Å². The lowest BCUT2D eigenvalue weighted by Gasteiger charge is -2.17. The van der Waals surface area contributed by atoms with Crippen LogP contribution in [0.5, 0.6) is 0 Å². The molecule has 2 heterocycles. The molecule has 0 spiro atoms. The van der Waals surface area contributed by atoms with Crippen molar-refractivity contribution in [2.75, 3.05) is 11.4 Å². The lowest BCUT2D eigenvalue weighted by atomic mass is 10.2. The Hall–Kier alpha value is -1.36. The largest absolute Gasteiger partial charge is 0.310 e. The van der Waals surface area contributed by atoms with Crippen LogP contribution in [-0.4, -0.2) is 29.0 Å². The molecule has 15 heavy (non-hydrogen) atoms. The number of hydrogen-bond acceptors (Lipinski definition) is 4. The van der Waals surface area contributed by atoms with Crippen LogP contribution >= 0.6 is 12.6 Å². The predicted molar refractivity (Wildman–Crippen MR) is 59.4 cm³/mol. The van der Waals surface area contributed by atoms with Gasteiger partial charge in [0.2, 0.25) is 5.91 Å². The first-order chi connectivity index (χ1) is 7.22. The summed E-state index contributed by atoms with van der Waals surface area (Å²) in [5.41, 5.74) is 1.06. The summed E-state index contributed by atoms with van der Waals surface area (Å²) in [6.45, 7) is 0.548. The minimum Gasteiger partial charge on any atom is -0.310 e. The smallest absolute Gasteiger partial charge is 0.228 e. The van der Waals surface area contributed by atoms with Crippen LogP contribution in [0.4, 0.5) is 5.69 Å². The third-order valence-corrected chi connectivity index (χ3v) is 2.70. The normalized spacial score (nSPS) is 20.7. The summed E-state index contributed by atoms with van der Waals surface area (Å²) in [7, 11) is 0. The molecule has 1 amide bonds. The van der Waals surface area contributed by atoms with Gasteiger partial charge < -0.3 is 4.90 Å². The minimum absolute atomic E-state index is 0.00398. The molecule has 2 rings (SSSR count). The molecule has 78 valence electrons. The number of amides is 1. The zero-order valence-corrected chi connectivity index (χ0v) is 8.85. The summed E-state index contributed by atoms with van der Waals surface area (Å²) in [5, 5.41) is 0.0465. The average Bonchev–Trinajstić information content (AvgIpc) is 2.57. The fraction of sp³-hybridized carbons (Fsp3) is 0.300. The van der Waals surface area contributed by atoms with Crippen molar-refractivity contribution in [3.05, 3.63) is 24.0 Å². The third kappa shape index (κ3) is 1.87.